The minimum atomic E-state index is 0.432. The van der Waals surface area contributed by atoms with Crippen molar-refractivity contribution in [3.63, 3.8) is 0 Å². The van der Waals surface area contributed by atoms with Gasteiger partial charge >= 0.3 is 0 Å². The Kier molecular flexibility index (Phi) is 14.5. The van der Waals surface area contributed by atoms with Crippen molar-refractivity contribution in [3.8, 4) is 0 Å². The Labute approximate surface area is 137 Å². The van der Waals surface area contributed by atoms with Gasteiger partial charge in [-0.2, -0.15) is 0 Å². The van der Waals surface area contributed by atoms with Gasteiger partial charge in [0.2, 0.25) is 0 Å². The molecule has 132 valence electrons. The highest BCUT2D eigenvalue weighted by molar-refractivity contribution is 5.79. The highest BCUT2D eigenvalue weighted by Gasteiger charge is 2.05. The summed E-state index contributed by atoms with van der Waals surface area (Å²) in [5.41, 5.74) is 0. The fourth-order valence-corrected chi connectivity index (χ4v) is 1.89. The standard InChI is InChI=1S/C17H37N3O2/c1-6-7-11-21-13-14-22-12-10-19-17(18-5)20-16(4)9-8-15(2)3/h15-16H,6-14H2,1-5H3,(H2,18,19,20). The van der Waals surface area contributed by atoms with Crippen molar-refractivity contribution >= 4 is 5.96 Å². The van der Waals surface area contributed by atoms with Gasteiger partial charge in [0, 0.05) is 26.2 Å². The molecule has 5 nitrogen and oxygen atoms in total. The summed E-state index contributed by atoms with van der Waals surface area (Å²) in [6.07, 6.45) is 4.68. The van der Waals surface area contributed by atoms with Crippen LogP contribution in [0.1, 0.15) is 53.4 Å². The zero-order chi connectivity index (χ0) is 16.6. The van der Waals surface area contributed by atoms with Gasteiger partial charge in [0.15, 0.2) is 5.96 Å². The molecule has 0 aromatic carbocycles. The number of aliphatic imine (C=N–C) groups is 1. The molecule has 0 saturated heterocycles. The predicted octanol–water partition coefficient (Wildman–Crippen LogP) is 2.81. The normalized spacial score (nSPS) is 13.5. The van der Waals surface area contributed by atoms with Crippen LogP contribution in [-0.2, 0) is 9.47 Å². The number of rotatable bonds is 13. The van der Waals surface area contributed by atoms with Crippen LogP contribution in [-0.4, -0.2) is 52.0 Å². The Morgan fingerprint density at radius 3 is 2.27 bits per heavy atom. The van der Waals surface area contributed by atoms with E-state index >= 15 is 0 Å². The summed E-state index contributed by atoms with van der Waals surface area (Å²) in [5, 5.41) is 6.68. The van der Waals surface area contributed by atoms with E-state index in [9.17, 15) is 0 Å². The molecule has 0 heterocycles. The highest BCUT2D eigenvalue weighted by atomic mass is 16.5. The van der Waals surface area contributed by atoms with Gasteiger partial charge in [-0.3, -0.25) is 4.99 Å². The van der Waals surface area contributed by atoms with E-state index in [1.807, 2.05) is 0 Å². The van der Waals surface area contributed by atoms with E-state index in [2.05, 4.69) is 43.3 Å². The molecule has 2 N–H and O–H groups in total. The van der Waals surface area contributed by atoms with Crippen molar-refractivity contribution in [2.24, 2.45) is 10.9 Å². The topological polar surface area (TPSA) is 54.9 Å². The molecule has 0 fully saturated rings. The molecule has 0 amide bonds. The maximum absolute atomic E-state index is 5.52. The zero-order valence-corrected chi connectivity index (χ0v) is 15.3. The maximum Gasteiger partial charge on any atom is 0.191 e. The first-order valence-electron chi connectivity index (χ1n) is 8.72. The average Bonchev–Trinajstić information content (AvgIpc) is 2.50. The van der Waals surface area contributed by atoms with E-state index in [1.165, 1.54) is 12.8 Å². The van der Waals surface area contributed by atoms with Crippen LogP contribution in [0.15, 0.2) is 4.99 Å². The van der Waals surface area contributed by atoms with Crippen molar-refractivity contribution < 1.29 is 9.47 Å². The predicted molar refractivity (Wildman–Crippen MR) is 94.6 cm³/mol. The number of guanidine groups is 1. The molecule has 0 spiro atoms. The van der Waals surface area contributed by atoms with Crippen LogP contribution in [0.2, 0.25) is 0 Å². The molecule has 0 saturated carbocycles. The van der Waals surface area contributed by atoms with Crippen molar-refractivity contribution in [1.29, 1.82) is 0 Å². The maximum atomic E-state index is 5.52. The summed E-state index contributed by atoms with van der Waals surface area (Å²) in [5.74, 6) is 1.59. The van der Waals surface area contributed by atoms with Gasteiger partial charge in [-0.1, -0.05) is 27.2 Å². The molecule has 1 unspecified atom stereocenters. The molecule has 5 heteroatoms. The first-order valence-corrected chi connectivity index (χ1v) is 8.72. The second-order valence-electron chi connectivity index (χ2n) is 6.09. The molecule has 0 rings (SSSR count). The van der Waals surface area contributed by atoms with Gasteiger partial charge < -0.3 is 20.1 Å². The van der Waals surface area contributed by atoms with E-state index in [4.69, 9.17) is 9.47 Å². The van der Waals surface area contributed by atoms with Crippen LogP contribution in [0.3, 0.4) is 0 Å². The Morgan fingerprint density at radius 1 is 1.00 bits per heavy atom. The molecule has 0 aromatic heterocycles. The molecule has 1 atom stereocenters. The Balaban J connectivity index is 3.54. The van der Waals surface area contributed by atoms with E-state index in [0.717, 1.165) is 37.9 Å². The molecular weight excluding hydrogens is 278 g/mol. The Hall–Kier alpha value is -0.810. The van der Waals surface area contributed by atoms with Crippen LogP contribution >= 0.6 is 0 Å². The van der Waals surface area contributed by atoms with E-state index in [0.29, 0.717) is 25.9 Å². The number of nitrogens with zero attached hydrogens (tertiary/aromatic N) is 1. The second-order valence-corrected chi connectivity index (χ2v) is 6.09. The summed E-state index contributed by atoms with van der Waals surface area (Å²) in [4.78, 5) is 4.24. The van der Waals surface area contributed by atoms with E-state index in [1.54, 1.807) is 7.05 Å². The molecule has 0 aliphatic rings. The number of hydrogen-bond acceptors (Lipinski definition) is 3. The van der Waals surface area contributed by atoms with Crippen molar-refractivity contribution in [2.75, 3.05) is 40.0 Å². The first kappa shape index (κ1) is 21.2. The number of ether oxygens (including phenoxy) is 2. The lowest BCUT2D eigenvalue weighted by Crippen LogP contribution is -2.43. The summed E-state index contributed by atoms with van der Waals surface area (Å²) >= 11 is 0. The van der Waals surface area contributed by atoms with E-state index in [-0.39, 0.29) is 0 Å². The minimum Gasteiger partial charge on any atom is -0.379 e. The molecule has 0 aliphatic carbocycles. The monoisotopic (exact) mass is 315 g/mol. The number of hydrogen-bond donors (Lipinski definition) is 2. The zero-order valence-electron chi connectivity index (χ0n) is 15.3. The number of unbranched alkanes of at least 4 members (excludes halogenated alkanes) is 1. The highest BCUT2D eigenvalue weighted by Crippen LogP contribution is 2.06. The van der Waals surface area contributed by atoms with Gasteiger partial charge in [-0.05, 0) is 32.1 Å². The third-order valence-electron chi connectivity index (χ3n) is 3.34. The van der Waals surface area contributed by atoms with Crippen molar-refractivity contribution in [3.05, 3.63) is 0 Å². The third-order valence-corrected chi connectivity index (χ3v) is 3.34. The fraction of sp³-hybridized carbons (Fsp3) is 0.941. The Bertz CT molecular complexity index is 271. The summed E-state index contributed by atoms with van der Waals surface area (Å²) < 4.78 is 11.0. The smallest absolute Gasteiger partial charge is 0.191 e. The molecule has 22 heavy (non-hydrogen) atoms. The summed E-state index contributed by atoms with van der Waals surface area (Å²) in [6.45, 7) is 12.5. The van der Waals surface area contributed by atoms with Gasteiger partial charge in [0.25, 0.3) is 0 Å². The second kappa shape index (κ2) is 15.1. The largest absolute Gasteiger partial charge is 0.379 e. The van der Waals surface area contributed by atoms with Crippen molar-refractivity contribution in [2.45, 2.75) is 59.4 Å². The van der Waals surface area contributed by atoms with Crippen LogP contribution in [0, 0.1) is 5.92 Å². The quantitative estimate of drug-likeness (QED) is 0.312. The number of nitrogens with one attached hydrogen (secondary N) is 2. The molecule has 0 aromatic rings. The Morgan fingerprint density at radius 2 is 1.68 bits per heavy atom. The lowest BCUT2D eigenvalue weighted by Gasteiger charge is -2.18. The van der Waals surface area contributed by atoms with Crippen LogP contribution in [0.5, 0.6) is 0 Å². The lowest BCUT2D eigenvalue weighted by molar-refractivity contribution is 0.0487. The molecule has 0 bridgehead atoms. The summed E-state index contributed by atoms with van der Waals surface area (Å²) in [6, 6.07) is 0.432. The van der Waals surface area contributed by atoms with Crippen LogP contribution < -0.4 is 10.6 Å². The SMILES string of the molecule is CCCCOCCOCCNC(=NC)NC(C)CCC(C)C. The lowest BCUT2D eigenvalue weighted by atomic mass is 10.0. The van der Waals surface area contributed by atoms with Crippen molar-refractivity contribution in [1.82, 2.24) is 10.6 Å². The van der Waals surface area contributed by atoms with Gasteiger partial charge in [0.05, 0.1) is 19.8 Å². The third kappa shape index (κ3) is 14.1. The molecule has 0 aliphatic heterocycles. The minimum absolute atomic E-state index is 0.432. The first-order chi connectivity index (χ1) is 10.6. The molecule has 0 radical (unpaired) electrons. The van der Waals surface area contributed by atoms with Gasteiger partial charge in [-0.15, -0.1) is 0 Å². The van der Waals surface area contributed by atoms with Crippen LogP contribution in [0.4, 0.5) is 0 Å². The van der Waals surface area contributed by atoms with Gasteiger partial charge in [-0.25, -0.2) is 0 Å². The van der Waals surface area contributed by atoms with E-state index < -0.39 is 0 Å². The van der Waals surface area contributed by atoms with Gasteiger partial charge in [0.1, 0.15) is 0 Å². The fourth-order valence-electron chi connectivity index (χ4n) is 1.89. The summed E-state index contributed by atoms with van der Waals surface area (Å²) in [7, 11) is 1.80. The molecular formula is C17H37N3O2. The van der Waals surface area contributed by atoms with Crippen LogP contribution in [0.25, 0.3) is 0 Å². The average molecular weight is 316 g/mol.